The van der Waals surface area contributed by atoms with E-state index in [-0.39, 0.29) is 21.4 Å². The van der Waals surface area contributed by atoms with Crippen molar-refractivity contribution in [2.75, 3.05) is 13.7 Å². The Labute approximate surface area is 228 Å². The lowest BCUT2D eigenvalue weighted by Gasteiger charge is -2.43. The number of methoxy groups -OCH3 is 1. The molecule has 0 atom stereocenters. The molecule has 7 heteroatoms. The lowest BCUT2D eigenvalue weighted by Crippen LogP contribution is -2.66. The van der Waals surface area contributed by atoms with Gasteiger partial charge in [-0.25, -0.2) is 4.79 Å². The highest BCUT2D eigenvalue weighted by molar-refractivity contribution is 7.08. The third-order valence-electron chi connectivity index (χ3n) is 6.63. The maximum absolute atomic E-state index is 12.2. The quantitative estimate of drug-likeness (QED) is 0.196. The van der Waals surface area contributed by atoms with Crippen molar-refractivity contribution in [2.45, 2.75) is 32.2 Å². The van der Waals surface area contributed by atoms with Gasteiger partial charge in [-0.2, -0.15) is 11.3 Å². The largest absolute Gasteiger partial charge is 0.507 e. The molecule has 1 heterocycles. The standard InChI is InChI=1S/C30H31ClO4SSi/c1-30(2,3)37(22-11-7-5-8-12-22,23-13-9-6-10-14-23)35-16-15-21-19-36-20-26(21)24-17-25(29(33)34-4)27(31)18-28(24)32/h5-14,17-20,32H,15-16H2,1-4H3. The van der Waals surface area contributed by atoms with Crippen LogP contribution in [-0.2, 0) is 15.6 Å². The molecule has 37 heavy (non-hydrogen) atoms. The van der Waals surface area contributed by atoms with Crippen LogP contribution in [0.15, 0.2) is 83.6 Å². The molecule has 192 valence electrons. The first kappa shape index (κ1) is 27.1. The van der Waals surface area contributed by atoms with Crippen LogP contribution in [0.25, 0.3) is 11.1 Å². The predicted octanol–water partition coefficient (Wildman–Crippen LogP) is 6.68. The number of benzene rings is 3. The van der Waals surface area contributed by atoms with Crippen molar-refractivity contribution in [1.82, 2.24) is 0 Å². The van der Waals surface area contributed by atoms with Gasteiger partial charge in [-0.05, 0) is 49.8 Å². The molecule has 0 fully saturated rings. The summed E-state index contributed by atoms with van der Waals surface area (Å²) < 4.78 is 11.9. The van der Waals surface area contributed by atoms with Crippen LogP contribution in [0.1, 0.15) is 36.7 Å². The molecule has 0 amide bonds. The molecule has 4 aromatic rings. The fourth-order valence-electron chi connectivity index (χ4n) is 4.87. The Kier molecular flexibility index (Phi) is 8.24. The van der Waals surface area contributed by atoms with Gasteiger partial charge in [-0.1, -0.05) is 93.0 Å². The summed E-state index contributed by atoms with van der Waals surface area (Å²) in [4.78, 5) is 12.2. The highest BCUT2D eigenvalue weighted by Crippen LogP contribution is 2.39. The first-order chi connectivity index (χ1) is 17.7. The average Bonchev–Trinajstić information content (AvgIpc) is 3.35. The molecule has 0 aliphatic rings. The number of rotatable bonds is 8. The molecule has 4 rings (SSSR count). The van der Waals surface area contributed by atoms with E-state index < -0.39 is 14.3 Å². The van der Waals surface area contributed by atoms with Crippen molar-refractivity contribution in [2.24, 2.45) is 0 Å². The zero-order valence-electron chi connectivity index (χ0n) is 21.5. The first-order valence-electron chi connectivity index (χ1n) is 12.1. The van der Waals surface area contributed by atoms with Gasteiger partial charge in [-0.15, -0.1) is 0 Å². The van der Waals surface area contributed by atoms with Gasteiger partial charge in [0.1, 0.15) is 5.75 Å². The minimum atomic E-state index is -2.65. The van der Waals surface area contributed by atoms with Crippen molar-refractivity contribution in [3.8, 4) is 16.9 Å². The van der Waals surface area contributed by atoms with Crippen molar-refractivity contribution >= 4 is 47.6 Å². The van der Waals surface area contributed by atoms with E-state index >= 15 is 0 Å². The molecule has 0 spiro atoms. The second kappa shape index (κ2) is 11.2. The number of thiophene rings is 1. The molecule has 0 aliphatic heterocycles. The van der Waals surface area contributed by atoms with Crippen LogP contribution < -0.4 is 10.4 Å². The van der Waals surface area contributed by atoms with Crippen LogP contribution in [0.4, 0.5) is 0 Å². The number of phenolic OH excluding ortho intramolecular Hbond substituents is 1. The zero-order chi connectivity index (χ0) is 26.6. The highest BCUT2D eigenvalue weighted by atomic mass is 35.5. The van der Waals surface area contributed by atoms with Gasteiger partial charge in [0.25, 0.3) is 8.32 Å². The van der Waals surface area contributed by atoms with E-state index in [1.165, 1.54) is 23.5 Å². The number of ether oxygens (including phenoxy) is 1. The Morgan fingerprint density at radius 1 is 0.946 bits per heavy atom. The number of halogens is 1. The summed E-state index contributed by atoms with van der Waals surface area (Å²) in [7, 11) is -1.34. The third-order valence-corrected chi connectivity index (χ3v) is 12.8. The maximum Gasteiger partial charge on any atom is 0.339 e. The second-order valence-electron chi connectivity index (χ2n) is 9.91. The molecule has 4 nitrogen and oxygen atoms in total. The number of aromatic hydroxyl groups is 1. The summed E-state index contributed by atoms with van der Waals surface area (Å²) in [6, 6.07) is 24.1. The summed E-state index contributed by atoms with van der Waals surface area (Å²) in [6.45, 7) is 7.29. The van der Waals surface area contributed by atoms with E-state index in [0.717, 1.165) is 11.1 Å². The number of esters is 1. The average molecular weight is 551 g/mol. The lowest BCUT2D eigenvalue weighted by molar-refractivity contribution is 0.0601. The van der Waals surface area contributed by atoms with Crippen molar-refractivity contribution < 1.29 is 19.1 Å². The Hall–Kier alpha value is -2.90. The molecule has 0 bridgehead atoms. The number of hydrogen-bond acceptors (Lipinski definition) is 5. The Morgan fingerprint density at radius 3 is 2.08 bits per heavy atom. The van der Waals surface area contributed by atoms with Gasteiger partial charge in [0, 0.05) is 18.2 Å². The van der Waals surface area contributed by atoms with Crippen LogP contribution in [-0.4, -0.2) is 33.1 Å². The summed E-state index contributed by atoms with van der Waals surface area (Å²) in [5.74, 6) is -0.525. The minimum Gasteiger partial charge on any atom is -0.507 e. The van der Waals surface area contributed by atoms with E-state index in [1.807, 2.05) is 17.5 Å². The van der Waals surface area contributed by atoms with Gasteiger partial charge < -0.3 is 14.3 Å². The van der Waals surface area contributed by atoms with Gasteiger partial charge in [0.05, 0.1) is 17.7 Å². The monoisotopic (exact) mass is 550 g/mol. The molecular formula is C30H31ClO4SSi. The molecule has 0 radical (unpaired) electrons. The molecule has 0 aliphatic carbocycles. The predicted molar refractivity (Wildman–Crippen MR) is 155 cm³/mol. The Bertz CT molecular complexity index is 1320. The first-order valence-corrected chi connectivity index (χ1v) is 15.3. The summed E-state index contributed by atoms with van der Waals surface area (Å²) in [5, 5.41) is 17.2. The third kappa shape index (κ3) is 5.38. The summed E-state index contributed by atoms with van der Waals surface area (Å²) >= 11 is 7.74. The molecule has 3 aromatic carbocycles. The topological polar surface area (TPSA) is 55.8 Å². The maximum atomic E-state index is 12.2. The lowest BCUT2D eigenvalue weighted by atomic mass is 9.99. The van der Waals surface area contributed by atoms with E-state index in [4.69, 9.17) is 20.8 Å². The molecule has 0 unspecified atom stereocenters. The summed E-state index contributed by atoms with van der Waals surface area (Å²) in [5.41, 5.74) is 2.66. The van der Waals surface area contributed by atoms with Crippen LogP contribution in [0.3, 0.4) is 0 Å². The van der Waals surface area contributed by atoms with Gasteiger partial charge in [-0.3, -0.25) is 0 Å². The fourth-order valence-corrected chi connectivity index (χ4v) is 10.6. The highest BCUT2D eigenvalue weighted by Gasteiger charge is 2.50. The van der Waals surface area contributed by atoms with Crippen molar-refractivity contribution in [3.63, 3.8) is 0 Å². The van der Waals surface area contributed by atoms with E-state index in [1.54, 1.807) is 17.4 Å². The van der Waals surface area contributed by atoms with Gasteiger partial charge >= 0.3 is 5.97 Å². The molecule has 1 N–H and O–H groups in total. The summed E-state index contributed by atoms with van der Waals surface area (Å²) in [6.07, 6.45) is 0.652. The number of hydrogen-bond donors (Lipinski definition) is 1. The van der Waals surface area contributed by atoms with E-state index in [0.29, 0.717) is 18.6 Å². The number of phenols is 1. The number of carbonyl (C=O) groups is 1. The fraction of sp³-hybridized carbons (Fsp3) is 0.233. The van der Waals surface area contributed by atoms with Gasteiger partial charge in [0.15, 0.2) is 0 Å². The van der Waals surface area contributed by atoms with Crippen LogP contribution in [0.2, 0.25) is 10.1 Å². The normalized spacial score (nSPS) is 11.9. The molecule has 1 aromatic heterocycles. The van der Waals surface area contributed by atoms with Crippen molar-refractivity contribution in [1.29, 1.82) is 0 Å². The second-order valence-corrected chi connectivity index (χ2v) is 15.4. The van der Waals surface area contributed by atoms with Crippen molar-refractivity contribution in [3.05, 3.63) is 99.7 Å². The van der Waals surface area contributed by atoms with Crippen LogP contribution >= 0.6 is 22.9 Å². The smallest absolute Gasteiger partial charge is 0.339 e. The molecule has 0 saturated carbocycles. The zero-order valence-corrected chi connectivity index (χ0v) is 24.0. The van der Waals surface area contributed by atoms with Crippen LogP contribution in [0, 0.1) is 0 Å². The number of carbonyl (C=O) groups excluding carboxylic acids is 1. The van der Waals surface area contributed by atoms with E-state index in [2.05, 4.69) is 74.7 Å². The SMILES string of the molecule is COC(=O)c1cc(-c2cscc2CCO[Si](c2ccccc2)(c2ccccc2)C(C)(C)C)c(O)cc1Cl. The molecular weight excluding hydrogens is 520 g/mol. The Morgan fingerprint density at radius 2 is 1.54 bits per heavy atom. The van der Waals surface area contributed by atoms with E-state index in [9.17, 15) is 9.90 Å². The minimum absolute atomic E-state index is 0.0187. The molecule has 0 saturated heterocycles. The van der Waals surface area contributed by atoms with Gasteiger partial charge in [0.2, 0.25) is 0 Å². The Balaban J connectivity index is 1.68. The van der Waals surface area contributed by atoms with Crippen LogP contribution in [0.5, 0.6) is 5.75 Å².